The van der Waals surface area contributed by atoms with E-state index in [0.29, 0.717) is 0 Å². The van der Waals surface area contributed by atoms with Gasteiger partial charge in [-0.15, -0.1) is 0 Å². The van der Waals surface area contributed by atoms with Crippen molar-refractivity contribution in [2.45, 2.75) is 58.3 Å². The summed E-state index contributed by atoms with van der Waals surface area (Å²) in [5.41, 5.74) is 5.46. The number of unbranched alkanes of at least 4 members (excludes halogenated alkanes) is 5. The van der Waals surface area contributed by atoms with Gasteiger partial charge >= 0.3 is 0 Å². The maximum absolute atomic E-state index is 12.7. The predicted molar refractivity (Wildman–Crippen MR) is 96.2 cm³/mol. The van der Waals surface area contributed by atoms with Crippen LogP contribution in [0.2, 0.25) is 0 Å². The van der Waals surface area contributed by atoms with Gasteiger partial charge in [-0.1, -0.05) is 75.4 Å². The van der Waals surface area contributed by atoms with E-state index in [9.17, 15) is 4.79 Å². The minimum atomic E-state index is 0.201. The van der Waals surface area contributed by atoms with Crippen LogP contribution in [-0.2, 0) is 12.8 Å². The number of rotatable bonds is 7. The zero-order valence-electron chi connectivity index (χ0n) is 14.1. The first-order valence-corrected chi connectivity index (χ1v) is 9.04. The molecule has 120 valence electrons. The average Bonchev–Trinajstić information content (AvgIpc) is 2.59. The Morgan fingerprint density at radius 3 is 2.43 bits per heavy atom. The summed E-state index contributed by atoms with van der Waals surface area (Å²) < 4.78 is 0. The highest BCUT2D eigenvalue weighted by atomic mass is 16.1. The van der Waals surface area contributed by atoms with Crippen LogP contribution in [0.15, 0.2) is 42.5 Å². The summed E-state index contributed by atoms with van der Waals surface area (Å²) in [6.07, 6.45) is 9.85. The molecule has 3 rings (SSSR count). The highest BCUT2D eigenvalue weighted by Gasteiger charge is 2.22. The number of fused-ring (bicyclic) bond motifs is 2. The molecule has 0 amide bonds. The Hall–Kier alpha value is -1.89. The minimum Gasteiger partial charge on any atom is -0.289 e. The number of benzene rings is 2. The zero-order valence-corrected chi connectivity index (χ0v) is 14.1. The molecule has 0 radical (unpaired) electrons. The fraction of sp³-hybridized carbons (Fsp3) is 0.409. The molecule has 2 aromatic rings. The van der Waals surface area contributed by atoms with E-state index in [1.165, 1.54) is 49.7 Å². The molecule has 0 fully saturated rings. The van der Waals surface area contributed by atoms with Crippen LogP contribution in [0.4, 0.5) is 0 Å². The van der Waals surface area contributed by atoms with Gasteiger partial charge in [-0.05, 0) is 42.0 Å². The summed E-state index contributed by atoms with van der Waals surface area (Å²) >= 11 is 0. The van der Waals surface area contributed by atoms with Gasteiger partial charge in [0.05, 0.1) is 0 Å². The van der Waals surface area contributed by atoms with Crippen molar-refractivity contribution in [3.05, 3.63) is 70.3 Å². The largest absolute Gasteiger partial charge is 0.289 e. The molecule has 1 aliphatic carbocycles. The third kappa shape index (κ3) is 3.72. The highest BCUT2D eigenvalue weighted by Crippen LogP contribution is 2.28. The molecule has 0 saturated carbocycles. The molecular weight excluding hydrogens is 280 g/mol. The fourth-order valence-electron chi connectivity index (χ4n) is 3.50. The molecule has 0 saturated heterocycles. The second-order valence-electron chi connectivity index (χ2n) is 6.67. The van der Waals surface area contributed by atoms with Gasteiger partial charge in [-0.25, -0.2) is 0 Å². The second-order valence-corrected chi connectivity index (χ2v) is 6.67. The number of aryl methyl sites for hydroxylation is 1. The molecule has 0 aliphatic heterocycles. The molecule has 0 N–H and O–H groups in total. The van der Waals surface area contributed by atoms with Crippen molar-refractivity contribution in [2.75, 3.05) is 0 Å². The first-order chi connectivity index (χ1) is 11.3. The van der Waals surface area contributed by atoms with E-state index in [4.69, 9.17) is 0 Å². The third-order valence-corrected chi connectivity index (χ3v) is 4.88. The summed E-state index contributed by atoms with van der Waals surface area (Å²) in [5, 5.41) is 0. The van der Waals surface area contributed by atoms with E-state index in [2.05, 4.69) is 31.2 Å². The topological polar surface area (TPSA) is 17.1 Å². The SMILES string of the molecule is CCCCCCCCc1ccc2c(c1)C(=O)c1ccccc1C2. The Morgan fingerprint density at radius 2 is 1.57 bits per heavy atom. The monoisotopic (exact) mass is 306 g/mol. The lowest BCUT2D eigenvalue weighted by atomic mass is 9.84. The second kappa shape index (κ2) is 7.59. The molecule has 1 nitrogen and oxygen atoms in total. The van der Waals surface area contributed by atoms with Crippen LogP contribution in [0.25, 0.3) is 0 Å². The molecule has 2 aromatic carbocycles. The van der Waals surface area contributed by atoms with Crippen molar-refractivity contribution < 1.29 is 4.79 Å². The molecule has 0 heterocycles. The van der Waals surface area contributed by atoms with Gasteiger partial charge in [0.2, 0.25) is 0 Å². The van der Waals surface area contributed by atoms with Crippen LogP contribution in [0.1, 0.15) is 78.1 Å². The summed E-state index contributed by atoms with van der Waals surface area (Å²) in [4.78, 5) is 12.7. The lowest BCUT2D eigenvalue weighted by Gasteiger charge is -2.19. The summed E-state index contributed by atoms with van der Waals surface area (Å²) in [7, 11) is 0. The van der Waals surface area contributed by atoms with Gasteiger partial charge in [0.1, 0.15) is 0 Å². The predicted octanol–water partition coefficient (Wildman–Crippen LogP) is 5.72. The van der Waals surface area contributed by atoms with Crippen LogP contribution in [0.5, 0.6) is 0 Å². The molecule has 0 spiro atoms. The van der Waals surface area contributed by atoms with E-state index >= 15 is 0 Å². The minimum absolute atomic E-state index is 0.201. The lowest BCUT2D eigenvalue weighted by Crippen LogP contribution is -2.15. The molecule has 0 atom stereocenters. The van der Waals surface area contributed by atoms with Gasteiger partial charge < -0.3 is 0 Å². The van der Waals surface area contributed by atoms with E-state index in [1.807, 2.05) is 18.2 Å². The Labute approximate surface area is 139 Å². The maximum atomic E-state index is 12.7. The van der Waals surface area contributed by atoms with E-state index < -0.39 is 0 Å². The lowest BCUT2D eigenvalue weighted by molar-refractivity contribution is 0.103. The van der Waals surface area contributed by atoms with Crippen molar-refractivity contribution in [3.8, 4) is 0 Å². The molecule has 0 aromatic heterocycles. The van der Waals surface area contributed by atoms with Gasteiger partial charge in [-0.2, -0.15) is 0 Å². The van der Waals surface area contributed by atoms with Gasteiger partial charge in [0.25, 0.3) is 0 Å². The van der Waals surface area contributed by atoms with Crippen LogP contribution >= 0.6 is 0 Å². The highest BCUT2D eigenvalue weighted by molar-refractivity contribution is 6.12. The molecule has 1 aliphatic rings. The Morgan fingerprint density at radius 1 is 0.826 bits per heavy atom. The first kappa shape index (κ1) is 16.0. The molecule has 0 unspecified atom stereocenters. The molecule has 1 heteroatoms. The van der Waals surface area contributed by atoms with Crippen molar-refractivity contribution in [1.82, 2.24) is 0 Å². The number of carbonyl (C=O) groups excluding carboxylic acids is 1. The quantitative estimate of drug-likeness (QED) is 0.510. The number of hydrogen-bond acceptors (Lipinski definition) is 1. The van der Waals surface area contributed by atoms with Gasteiger partial charge in [0.15, 0.2) is 5.78 Å². The molecular formula is C22H26O. The van der Waals surface area contributed by atoms with Crippen LogP contribution < -0.4 is 0 Å². The third-order valence-electron chi connectivity index (χ3n) is 4.88. The van der Waals surface area contributed by atoms with Crippen LogP contribution in [-0.4, -0.2) is 5.78 Å². The standard InChI is InChI=1S/C22H26O/c1-2-3-4-5-6-7-10-17-13-14-19-16-18-11-8-9-12-20(18)22(23)21(19)15-17/h8-9,11-15H,2-7,10,16H2,1H3. The van der Waals surface area contributed by atoms with E-state index in [-0.39, 0.29) is 5.78 Å². The Bertz CT molecular complexity index is 684. The summed E-state index contributed by atoms with van der Waals surface area (Å²) in [6, 6.07) is 14.5. The molecule has 23 heavy (non-hydrogen) atoms. The summed E-state index contributed by atoms with van der Waals surface area (Å²) in [6.45, 7) is 2.25. The average molecular weight is 306 g/mol. The normalized spacial score (nSPS) is 12.8. The van der Waals surface area contributed by atoms with Crippen molar-refractivity contribution in [2.24, 2.45) is 0 Å². The number of hydrogen-bond donors (Lipinski definition) is 0. The van der Waals surface area contributed by atoms with Gasteiger partial charge in [0, 0.05) is 11.1 Å². The van der Waals surface area contributed by atoms with Gasteiger partial charge in [-0.3, -0.25) is 4.79 Å². The molecule has 0 bridgehead atoms. The summed E-state index contributed by atoms with van der Waals surface area (Å²) in [5.74, 6) is 0.201. The Kier molecular flexibility index (Phi) is 5.27. The van der Waals surface area contributed by atoms with Crippen molar-refractivity contribution >= 4 is 5.78 Å². The fourth-order valence-corrected chi connectivity index (χ4v) is 3.50. The number of ketones is 1. The number of carbonyl (C=O) groups is 1. The van der Waals surface area contributed by atoms with Crippen molar-refractivity contribution in [1.29, 1.82) is 0 Å². The van der Waals surface area contributed by atoms with Crippen LogP contribution in [0, 0.1) is 0 Å². The zero-order chi connectivity index (χ0) is 16.1. The Balaban J connectivity index is 1.64. The van der Waals surface area contributed by atoms with E-state index in [1.54, 1.807) is 0 Å². The smallest absolute Gasteiger partial charge is 0.193 e. The van der Waals surface area contributed by atoms with Crippen LogP contribution in [0.3, 0.4) is 0 Å². The maximum Gasteiger partial charge on any atom is 0.193 e. The van der Waals surface area contributed by atoms with E-state index in [0.717, 1.165) is 29.5 Å². The first-order valence-electron chi connectivity index (χ1n) is 9.04. The van der Waals surface area contributed by atoms with Crippen molar-refractivity contribution in [3.63, 3.8) is 0 Å².